The van der Waals surface area contributed by atoms with Crippen LogP contribution in [0.2, 0.25) is 0 Å². The number of benzene rings is 1. The maximum atomic E-state index is 15.4. The molecule has 0 spiro atoms. The third-order valence-electron chi connectivity index (χ3n) is 7.34. The standard InChI is InChI=1S/C28H32FN5O2/c1-18-22(5-6-26(30)32-18)27-19(2)31-10-7-23(27)20-3-4-24(25(29)17-20)28(35)34-13-11-33(12-14-34)21-8-15-36-16-9-21/h3-7,10,17,21H,8-9,11-16H2,1-2H3,(H2,30,32). The van der Waals surface area contributed by atoms with Crippen LogP contribution >= 0.6 is 0 Å². The maximum Gasteiger partial charge on any atom is 0.256 e. The lowest BCUT2D eigenvalue weighted by Crippen LogP contribution is -2.53. The van der Waals surface area contributed by atoms with Gasteiger partial charge in [-0.25, -0.2) is 9.37 Å². The fourth-order valence-electron chi connectivity index (χ4n) is 5.36. The number of aromatic nitrogens is 2. The Morgan fingerprint density at radius 3 is 2.44 bits per heavy atom. The van der Waals surface area contributed by atoms with Crippen LogP contribution in [0.5, 0.6) is 0 Å². The number of pyridine rings is 2. The Balaban J connectivity index is 1.37. The second-order valence-corrected chi connectivity index (χ2v) is 9.55. The minimum atomic E-state index is -0.517. The molecule has 2 aliphatic heterocycles. The molecule has 0 saturated carbocycles. The van der Waals surface area contributed by atoms with Crippen molar-refractivity contribution in [2.45, 2.75) is 32.7 Å². The molecule has 36 heavy (non-hydrogen) atoms. The fraction of sp³-hybridized carbons (Fsp3) is 0.393. The normalized spacial score (nSPS) is 17.4. The molecular formula is C28H32FN5O2. The topological polar surface area (TPSA) is 84.6 Å². The van der Waals surface area contributed by atoms with E-state index in [4.69, 9.17) is 10.5 Å². The quantitative estimate of drug-likeness (QED) is 0.594. The maximum absolute atomic E-state index is 15.4. The number of halogens is 1. The van der Waals surface area contributed by atoms with Gasteiger partial charge in [-0.2, -0.15) is 0 Å². The SMILES string of the molecule is Cc1nc(N)ccc1-c1c(-c2ccc(C(=O)N3CCN(C4CCOCC4)CC3)c(F)c2)ccnc1C. The van der Waals surface area contributed by atoms with Crippen molar-refractivity contribution in [1.29, 1.82) is 0 Å². The molecule has 7 nitrogen and oxygen atoms in total. The van der Waals surface area contributed by atoms with E-state index in [9.17, 15) is 4.79 Å². The average Bonchev–Trinajstić information content (AvgIpc) is 2.89. The molecule has 0 unspecified atom stereocenters. The van der Waals surface area contributed by atoms with Gasteiger partial charge in [0.15, 0.2) is 0 Å². The molecule has 8 heteroatoms. The molecule has 2 saturated heterocycles. The molecule has 0 radical (unpaired) electrons. The second-order valence-electron chi connectivity index (χ2n) is 9.55. The van der Waals surface area contributed by atoms with Gasteiger partial charge in [0.25, 0.3) is 5.91 Å². The second kappa shape index (κ2) is 10.3. The van der Waals surface area contributed by atoms with Crippen molar-refractivity contribution in [2.75, 3.05) is 45.1 Å². The third kappa shape index (κ3) is 4.83. The summed E-state index contributed by atoms with van der Waals surface area (Å²) in [4.78, 5) is 26.2. The summed E-state index contributed by atoms with van der Waals surface area (Å²) in [6, 6.07) is 10.9. The molecule has 3 aromatic rings. The largest absolute Gasteiger partial charge is 0.384 e. The summed E-state index contributed by atoms with van der Waals surface area (Å²) in [6.45, 7) is 8.25. The summed E-state index contributed by atoms with van der Waals surface area (Å²) < 4.78 is 20.8. The van der Waals surface area contributed by atoms with Crippen LogP contribution in [0.1, 0.15) is 34.6 Å². The number of rotatable bonds is 4. The van der Waals surface area contributed by atoms with Gasteiger partial charge in [0.1, 0.15) is 11.6 Å². The van der Waals surface area contributed by atoms with Gasteiger partial charge in [0, 0.05) is 74.1 Å². The van der Waals surface area contributed by atoms with E-state index in [0.717, 1.165) is 67.2 Å². The number of nitrogen functional groups attached to an aromatic ring is 1. The van der Waals surface area contributed by atoms with Crippen LogP contribution in [0.4, 0.5) is 10.2 Å². The molecular weight excluding hydrogens is 457 g/mol. The van der Waals surface area contributed by atoms with E-state index in [0.29, 0.717) is 30.5 Å². The molecule has 0 aliphatic carbocycles. The number of carbonyl (C=O) groups is 1. The van der Waals surface area contributed by atoms with Gasteiger partial charge in [0.2, 0.25) is 0 Å². The molecule has 2 aliphatic rings. The van der Waals surface area contributed by atoms with Crippen LogP contribution in [0.3, 0.4) is 0 Å². The zero-order valence-electron chi connectivity index (χ0n) is 20.8. The monoisotopic (exact) mass is 489 g/mol. The molecule has 1 aromatic carbocycles. The fourth-order valence-corrected chi connectivity index (χ4v) is 5.36. The summed E-state index contributed by atoms with van der Waals surface area (Å²) in [5.41, 5.74) is 10.8. The van der Waals surface area contributed by atoms with Crippen LogP contribution in [0.25, 0.3) is 22.3 Å². The highest BCUT2D eigenvalue weighted by molar-refractivity contribution is 5.95. The Kier molecular flexibility index (Phi) is 6.98. The predicted molar refractivity (Wildman–Crippen MR) is 138 cm³/mol. The number of anilines is 1. The van der Waals surface area contributed by atoms with E-state index in [1.807, 2.05) is 32.0 Å². The molecule has 4 heterocycles. The first kappa shape index (κ1) is 24.3. The highest BCUT2D eigenvalue weighted by atomic mass is 19.1. The van der Waals surface area contributed by atoms with Crippen LogP contribution in [0, 0.1) is 19.7 Å². The Morgan fingerprint density at radius 2 is 1.75 bits per heavy atom. The zero-order chi connectivity index (χ0) is 25.2. The van der Waals surface area contributed by atoms with Crippen molar-refractivity contribution >= 4 is 11.7 Å². The molecule has 0 atom stereocenters. The first-order valence-electron chi connectivity index (χ1n) is 12.5. The molecule has 5 rings (SSSR count). The summed E-state index contributed by atoms with van der Waals surface area (Å²) in [6.07, 6.45) is 3.78. The van der Waals surface area contributed by atoms with E-state index in [-0.39, 0.29) is 11.5 Å². The van der Waals surface area contributed by atoms with Crippen molar-refractivity contribution in [2.24, 2.45) is 0 Å². The number of amides is 1. The van der Waals surface area contributed by atoms with Crippen LogP contribution < -0.4 is 5.73 Å². The molecule has 2 aromatic heterocycles. The van der Waals surface area contributed by atoms with Crippen molar-refractivity contribution in [3.63, 3.8) is 0 Å². The summed E-state index contributed by atoms with van der Waals surface area (Å²) in [7, 11) is 0. The Hall–Kier alpha value is -3.36. The average molecular weight is 490 g/mol. The molecule has 1 amide bonds. The molecule has 2 N–H and O–H groups in total. The van der Waals surface area contributed by atoms with E-state index in [2.05, 4.69) is 14.9 Å². The number of hydrogen-bond donors (Lipinski definition) is 1. The minimum absolute atomic E-state index is 0.107. The Labute approximate surface area is 211 Å². The van der Waals surface area contributed by atoms with Gasteiger partial charge in [-0.15, -0.1) is 0 Å². The zero-order valence-corrected chi connectivity index (χ0v) is 20.8. The third-order valence-corrected chi connectivity index (χ3v) is 7.34. The van der Waals surface area contributed by atoms with E-state index >= 15 is 4.39 Å². The predicted octanol–water partition coefficient (Wildman–Crippen LogP) is 4.09. The van der Waals surface area contributed by atoms with Gasteiger partial charge >= 0.3 is 0 Å². The van der Waals surface area contributed by atoms with Crippen molar-refractivity contribution < 1.29 is 13.9 Å². The Morgan fingerprint density at radius 1 is 1.00 bits per heavy atom. The highest BCUT2D eigenvalue weighted by Crippen LogP contribution is 2.36. The van der Waals surface area contributed by atoms with Crippen molar-refractivity contribution in [3.8, 4) is 22.3 Å². The molecule has 2 fully saturated rings. The number of aryl methyl sites for hydroxylation is 2. The van der Waals surface area contributed by atoms with Crippen molar-refractivity contribution in [1.82, 2.24) is 19.8 Å². The van der Waals surface area contributed by atoms with Crippen molar-refractivity contribution in [3.05, 3.63) is 65.4 Å². The van der Waals surface area contributed by atoms with Gasteiger partial charge in [-0.1, -0.05) is 6.07 Å². The van der Waals surface area contributed by atoms with Gasteiger partial charge < -0.3 is 15.4 Å². The number of hydrogen-bond acceptors (Lipinski definition) is 6. The number of nitrogens with zero attached hydrogens (tertiary/aromatic N) is 4. The lowest BCUT2D eigenvalue weighted by atomic mass is 9.92. The van der Waals surface area contributed by atoms with E-state index in [1.165, 1.54) is 6.07 Å². The lowest BCUT2D eigenvalue weighted by Gasteiger charge is -2.40. The van der Waals surface area contributed by atoms with Gasteiger partial charge in [-0.05, 0) is 68.1 Å². The highest BCUT2D eigenvalue weighted by Gasteiger charge is 2.29. The van der Waals surface area contributed by atoms with E-state index in [1.54, 1.807) is 23.2 Å². The molecule has 188 valence electrons. The first-order valence-corrected chi connectivity index (χ1v) is 12.5. The smallest absolute Gasteiger partial charge is 0.256 e. The van der Waals surface area contributed by atoms with Crippen LogP contribution in [-0.2, 0) is 4.74 Å². The van der Waals surface area contributed by atoms with E-state index < -0.39 is 5.82 Å². The first-order chi connectivity index (χ1) is 17.4. The lowest BCUT2D eigenvalue weighted by molar-refractivity contribution is 0.0136. The number of nitrogens with two attached hydrogens (primary N) is 1. The number of ether oxygens (including phenoxy) is 1. The summed E-state index contributed by atoms with van der Waals surface area (Å²) in [5, 5.41) is 0. The van der Waals surface area contributed by atoms with Crippen LogP contribution in [-0.4, -0.2) is 71.1 Å². The summed E-state index contributed by atoms with van der Waals surface area (Å²) >= 11 is 0. The summed E-state index contributed by atoms with van der Waals surface area (Å²) in [5.74, 6) is -0.325. The van der Waals surface area contributed by atoms with Gasteiger partial charge in [-0.3, -0.25) is 14.7 Å². The molecule has 0 bridgehead atoms. The minimum Gasteiger partial charge on any atom is -0.384 e. The number of piperazine rings is 1. The Bertz CT molecular complexity index is 1270. The van der Waals surface area contributed by atoms with Crippen LogP contribution in [0.15, 0.2) is 42.6 Å². The number of carbonyl (C=O) groups excluding carboxylic acids is 1. The van der Waals surface area contributed by atoms with Gasteiger partial charge in [0.05, 0.1) is 5.56 Å².